The lowest BCUT2D eigenvalue weighted by Crippen LogP contribution is -2.04. The first-order valence-corrected chi connectivity index (χ1v) is 15.0. The lowest BCUT2D eigenvalue weighted by Gasteiger charge is -2.17. The molecule has 2 heterocycles. The van der Waals surface area contributed by atoms with Crippen LogP contribution < -0.4 is 0 Å². The Bertz CT molecular complexity index is 2640. The van der Waals surface area contributed by atoms with Gasteiger partial charge in [0.1, 0.15) is 0 Å². The van der Waals surface area contributed by atoms with E-state index in [-0.39, 0.29) is 16.9 Å². The predicted octanol–water partition coefficient (Wildman–Crippen LogP) is 11.2. The number of nitrogens with zero attached hydrogens (tertiary/aromatic N) is 4. The molecular weight excluding hydrogens is 631 g/mol. The molecule has 9 heteroatoms. The van der Waals surface area contributed by atoms with Gasteiger partial charge < -0.3 is 0 Å². The second-order valence-corrected chi connectivity index (χ2v) is 11.3. The Hall–Kier alpha value is -6.53. The molecule has 0 aliphatic rings. The first-order valence-electron chi connectivity index (χ1n) is 15.0. The van der Waals surface area contributed by atoms with E-state index in [2.05, 4.69) is 4.85 Å². The summed E-state index contributed by atoms with van der Waals surface area (Å²) in [6.07, 6.45) is 0. The molecule has 0 spiro atoms. The zero-order chi connectivity index (χ0) is 33.8. The highest BCUT2D eigenvalue weighted by Gasteiger charge is 2.27. The van der Waals surface area contributed by atoms with E-state index in [1.165, 1.54) is 18.2 Å². The number of para-hydroxylation sites is 1. The molecule has 6 aromatic carbocycles. The minimum Gasteiger partial charge on any atom is -0.248 e. The number of fused-ring (bicyclic) bond motifs is 5. The molecule has 0 N–H and O–H groups in total. The lowest BCUT2D eigenvalue weighted by molar-refractivity contribution is 0.381. The summed E-state index contributed by atoms with van der Waals surface area (Å²) in [6, 6.07) is 33.7. The second-order valence-electron chi connectivity index (χ2n) is 11.3. The molecule has 0 atom stereocenters. The number of hydrogen-bond donors (Lipinski definition) is 0. The lowest BCUT2D eigenvalue weighted by atomic mass is 9.94. The third-order valence-electron chi connectivity index (χ3n) is 8.43. The van der Waals surface area contributed by atoms with Gasteiger partial charge in [-0.25, -0.2) is 41.7 Å². The van der Waals surface area contributed by atoms with Gasteiger partial charge in [0.25, 0.3) is 0 Å². The molecule has 0 radical (unpaired) electrons. The van der Waals surface area contributed by atoms with Gasteiger partial charge in [-0.15, -0.1) is 0 Å². The van der Waals surface area contributed by atoms with E-state index in [1.807, 2.05) is 72.8 Å². The van der Waals surface area contributed by atoms with Crippen LogP contribution in [0, 0.1) is 35.7 Å². The van der Waals surface area contributed by atoms with Crippen LogP contribution in [0.5, 0.6) is 0 Å². The van der Waals surface area contributed by atoms with Crippen molar-refractivity contribution in [1.29, 1.82) is 0 Å². The van der Waals surface area contributed by atoms with E-state index < -0.39 is 34.6 Å². The maximum Gasteiger partial charge on any atom is 0.200 e. The van der Waals surface area contributed by atoms with Crippen molar-refractivity contribution < 1.29 is 22.0 Å². The molecule has 0 fully saturated rings. The Kier molecular flexibility index (Phi) is 7.07. The fourth-order valence-electron chi connectivity index (χ4n) is 6.21. The number of rotatable bonds is 4. The first-order chi connectivity index (χ1) is 23.9. The average molecular weight is 651 g/mol. The van der Waals surface area contributed by atoms with Crippen molar-refractivity contribution in [3.05, 3.63) is 156 Å². The monoisotopic (exact) mass is 650 g/mol. The number of hydrogen-bond acceptors (Lipinski definition) is 3. The van der Waals surface area contributed by atoms with Crippen LogP contribution in [0.3, 0.4) is 0 Å². The molecule has 0 unspecified atom stereocenters. The smallest absolute Gasteiger partial charge is 0.200 e. The zero-order valence-corrected chi connectivity index (χ0v) is 25.1. The predicted molar refractivity (Wildman–Crippen MR) is 180 cm³/mol. The van der Waals surface area contributed by atoms with Crippen molar-refractivity contribution in [3.8, 4) is 44.9 Å². The maximum absolute atomic E-state index is 14.9. The van der Waals surface area contributed by atoms with Gasteiger partial charge in [0.2, 0.25) is 5.82 Å². The molecule has 0 bridgehead atoms. The van der Waals surface area contributed by atoms with E-state index in [0.717, 1.165) is 11.1 Å². The van der Waals surface area contributed by atoms with Crippen molar-refractivity contribution in [2.75, 3.05) is 0 Å². The summed E-state index contributed by atoms with van der Waals surface area (Å²) < 4.78 is 72.1. The van der Waals surface area contributed by atoms with Crippen molar-refractivity contribution in [3.63, 3.8) is 0 Å². The highest BCUT2D eigenvalue weighted by molar-refractivity contribution is 6.25. The van der Waals surface area contributed by atoms with Crippen LogP contribution in [-0.2, 0) is 0 Å². The van der Waals surface area contributed by atoms with Crippen LogP contribution in [0.4, 0.5) is 27.6 Å². The average Bonchev–Trinajstić information content (AvgIpc) is 3.15. The van der Waals surface area contributed by atoms with Crippen molar-refractivity contribution in [1.82, 2.24) is 15.0 Å². The summed E-state index contributed by atoms with van der Waals surface area (Å²) in [5, 5.41) is 1.67. The SMILES string of the molecule is [C-]#[N+]c1cc2nc(-c3ccccc3)c(-c3ccccc3)nc2c2c1c(-c1cccc(-c3c(F)c(F)c(F)c(F)c3F)c1)nc1ccccc12. The number of pyridine rings is 1. The number of halogens is 5. The molecule has 0 saturated heterocycles. The minimum absolute atomic E-state index is 0.193. The zero-order valence-electron chi connectivity index (χ0n) is 25.1. The van der Waals surface area contributed by atoms with Gasteiger partial charge in [0, 0.05) is 32.8 Å². The Morgan fingerprint density at radius 2 is 0.980 bits per heavy atom. The topological polar surface area (TPSA) is 43.0 Å². The van der Waals surface area contributed by atoms with Crippen LogP contribution in [0.15, 0.2) is 115 Å². The van der Waals surface area contributed by atoms with E-state index in [1.54, 1.807) is 24.3 Å². The maximum atomic E-state index is 14.9. The van der Waals surface area contributed by atoms with Gasteiger partial charge in [-0.1, -0.05) is 97.1 Å². The van der Waals surface area contributed by atoms with Gasteiger partial charge in [-0.3, -0.25) is 0 Å². The Morgan fingerprint density at radius 3 is 1.63 bits per heavy atom. The standard InChI is InChI=1S/C40H19F5N4/c1-46-27-20-28-40(49-39(22-13-6-3-7-14-22)38(48-28)21-11-4-2-5-12-21)30-25-17-8-9-18-26(25)47-37(31(27)30)24-16-10-15-23(19-24)29-32(41)34(43)36(45)35(44)33(29)42/h2-20H. The van der Waals surface area contributed by atoms with E-state index in [4.69, 9.17) is 21.5 Å². The molecule has 0 aliphatic heterocycles. The number of benzene rings is 6. The van der Waals surface area contributed by atoms with E-state index >= 15 is 0 Å². The fourth-order valence-corrected chi connectivity index (χ4v) is 6.21. The van der Waals surface area contributed by atoms with Crippen molar-refractivity contribution in [2.45, 2.75) is 0 Å². The number of aromatic nitrogens is 3. The van der Waals surface area contributed by atoms with Gasteiger partial charge >= 0.3 is 0 Å². The molecular formula is C40H19F5N4. The van der Waals surface area contributed by atoms with E-state index in [0.29, 0.717) is 49.7 Å². The van der Waals surface area contributed by atoms with Crippen LogP contribution in [0.25, 0.3) is 82.5 Å². The van der Waals surface area contributed by atoms with Gasteiger partial charge in [0.15, 0.2) is 29.0 Å². The quantitative estimate of drug-likeness (QED) is 0.0626. The summed E-state index contributed by atoms with van der Waals surface area (Å²) >= 11 is 0. The van der Waals surface area contributed by atoms with Gasteiger partial charge in [-0.2, -0.15) is 0 Å². The van der Waals surface area contributed by atoms with Crippen molar-refractivity contribution in [2.24, 2.45) is 0 Å². The highest BCUT2D eigenvalue weighted by Crippen LogP contribution is 2.44. The summed E-state index contributed by atoms with van der Waals surface area (Å²) in [5.41, 5.74) is 3.84. The normalized spacial score (nSPS) is 11.3. The molecule has 234 valence electrons. The van der Waals surface area contributed by atoms with Crippen molar-refractivity contribution >= 4 is 38.4 Å². The Labute approximate surface area is 275 Å². The molecule has 49 heavy (non-hydrogen) atoms. The molecule has 8 rings (SSSR count). The summed E-state index contributed by atoms with van der Waals surface area (Å²) in [4.78, 5) is 19.0. The van der Waals surface area contributed by atoms with Crippen LogP contribution in [-0.4, -0.2) is 15.0 Å². The van der Waals surface area contributed by atoms with Crippen LogP contribution >= 0.6 is 0 Å². The Balaban J connectivity index is 1.49. The largest absolute Gasteiger partial charge is 0.248 e. The first kappa shape index (κ1) is 29.8. The molecule has 8 aromatic rings. The second kappa shape index (κ2) is 11.6. The third-order valence-corrected chi connectivity index (χ3v) is 8.43. The molecule has 0 amide bonds. The summed E-state index contributed by atoms with van der Waals surface area (Å²) in [7, 11) is 0. The summed E-state index contributed by atoms with van der Waals surface area (Å²) in [5.74, 6) is -10.2. The molecule has 0 aliphatic carbocycles. The molecule has 2 aromatic heterocycles. The van der Waals surface area contributed by atoms with E-state index in [9.17, 15) is 22.0 Å². The fraction of sp³-hybridized carbons (Fsp3) is 0. The Morgan fingerprint density at radius 1 is 0.449 bits per heavy atom. The highest BCUT2D eigenvalue weighted by atomic mass is 19.2. The van der Waals surface area contributed by atoms with Gasteiger partial charge in [-0.05, 0) is 23.8 Å². The van der Waals surface area contributed by atoms with Crippen LogP contribution in [0.1, 0.15) is 0 Å². The van der Waals surface area contributed by atoms with Gasteiger partial charge in [0.05, 0.1) is 45.8 Å². The molecule has 0 saturated carbocycles. The molecule has 4 nitrogen and oxygen atoms in total. The van der Waals surface area contributed by atoms with Crippen LogP contribution in [0.2, 0.25) is 0 Å². The summed E-state index contributed by atoms with van der Waals surface area (Å²) in [6.45, 7) is 8.19. The third kappa shape index (κ3) is 4.76. The minimum atomic E-state index is -2.24.